The molecule has 1 atom stereocenters. The summed E-state index contributed by atoms with van der Waals surface area (Å²) in [6, 6.07) is 2.40. The van der Waals surface area contributed by atoms with Crippen LogP contribution in [0.5, 0.6) is 17.2 Å². The van der Waals surface area contributed by atoms with Gasteiger partial charge in [-0.05, 0) is 6.07 Å². The Hall–Kier alpha value is -1.95. The van der Waals surface area contributed by atoms with Crippen LogP contribution in [0.1, 0.15) is 5.56 Å². The van der Waals surface area contributed by atoms with Crippen molar-refractivity contribution in [1.29, 1.82) is 0 Å². The summed E-state index contributed by atoms with van der Waals surface area (Å²) < 4.78 is 15.6. The standard InChI is InChI=1S/C11H13NO5/c1-15-8-4-10-9(16-5-17-10)3-6(8)2-7(12)11(13)14/h3-4,7H,2,5,12H2,1H3,(H,13,14). The third kappa shape index (κ3) is 2.26. The predicted octanol–water partition coefficient (Wildman–Crippen LogP) is 0.378. The van der Waals surface area contributed by atoms with Crippen molar-refractivity contribution in [3.8, 4) is 17.2 Å². The van der Waals surface area contributed by atoms with Crippen LogP contribution >= 0.6 is 0 Å². The summed E-state index contributed by atoms with van der Waals surface area (Å²) in [5.41, 5.74) is 6.18. The van der Waals surface area contributed by atoms with Crippen molar-refractivity contribution in [3.05, 3.63) is 17.7 Å². The number of methoxy groups -OCH3 is 1. The molecule has 1 aromatic carbocycles. The minimum Gasteiger partial charge on any atom is -0.496 e. The van der Waals surface area contributed by atoms with E-state index in [-0.39, 0.29) is 13.2 Å². The minimum atomic E-state index is -1.05. The number of benzene rings is 1. The Balaban J connectivity index is 2.29. The number of carboxylic acids is 1. The molecule has 0 bridgehead atoms. The van der Waals surface area contributed by atoms with E-state index in [2.05, 4.69) is 0 Å². The molecule has 0 spiro atoms. The van der Waals surface area contributed by atoms with Gasteiger partial charge in [-0.15, -0.1) is 0 Å². The van der Waals surface area contributed by atoms with E-state index in [1.54, 1.807) is 12.1 Å². The van der Waals surface area contributed by atoms with Gasteiger partial charge in [-0.2, -0.15) is 0 Å². The van der Waals surface area contributed by atoms with Crippen LogP contribution in [0.15, 0.2) is 12.1 Å². The second kappa shape index (κ2) is 4.50. The molecule has 92 valence electrons. The molecule has 0 fully saturated rings. The Morgan fingerprint density at radius 1 is 1.53 bits per heavy atom. The molecule has 17 heavy (non-hydrogen) atoms. The van der Waals surface area contributed by atoms with E-state index in [0.29, 0.717) is 22.8 Å². The molecule has 0 aromatic heterocycles. The topological polar surface area (TPSA) is 91.0 Å². The van der Waals surface area contributed by atoms with Crippen molar-refractivity contribution < 1.29 is 24.1 Å². The summed E-state index contributed by atoms with van der Waals surface area (Å²) >= 11 is 0. The largest absolute Gasteiger partial charge is 0.496 e. The Bertz CT molecular complexity index is 446. The lowest BCUT2D eigenvalue weighted by atomic mass is 10.0. The molecule has 0 saturated carbocycles. The third-order valence-corrected chi connectivity index (χ3v) is 2.53. The van der Waals surface area contributed by atoms with Gasteiger partial charge in [-0.1, -0.05) is 0 Å². The SMILES string of the molecule is COc1cc2c(cc1CC(N)C(=O)O)OCO2. The van der Waals surface area contributed by atoms with Crippen molar-refractivity contribution >= 4 is 5.97 Å². The van der Waals surface area contributed by atoms with E-state index >= 15 is 0 Å². The average molecular weight is 239 g/mol. The molecule has 1 unspecified atom stereocenters. The van der Waals surface area contributed by atoms with Crippen LogP contribution in [-0.2, 0) is 11.2 Å². The highest BCUT2D eigenvalue weighted by Gasteiger charge is 2.21. The summed E-state index contributed by atoms with van der Waals surface area (Å²) in [5.74, 6) is 0.670. The van der Waals surface area contributed by atoms with Crippen LogP contribution in [0.4, 0.5) is 0 Å². The first kappa shape index (κ1) is 11.5. The fourth-order valence-corrected chi connectivity index (χ4v) is 1.64. The maximum absolute atomic E-state index is 10.7. The summed E-state index contributed by atoms with van der Waals surface area (Å²) in [6.45, 7) is 0.160. The van der Waals surface area contributed by atoms with Gasteiger partial charge in [-0.25, -0.2) is 0 Å². The van der Waals surface area contributed by atoms with Crippen LogP contribution in [0.25, 0.3) is 0 Å². The molecule has 6 heteroatoms. The highest BCUT2D eigenvalue weighted by atomic mass is 16.7. The van der Waals surface area contributed by atoms with Gasteiger partial charge in [0.15, 0.2) is 11.5 Å². The molecule has 0 aliphatic carbocycles. The molecule has 6 nitrogen and oxygen atoms in total. The second-order valence-corrected chi connectivity index (χ2v) is 3.67. The summed E-state index contributed by atoms with van der Waals surface area (Å²) in [4.78, 5) is 10.7. The lowest BCUT2D eigenvalue weighted by Gasteiger charge is -2.11. The lowest BCUT2D eigenvalue weighted by molar-refractivity contribution is -0.138. The molecule has 0 saturated heterocycles. The van der Waals surface area contributed by atoms with E-state index in [0.717, 1.165) is 0 Å². The number of hydrogen-bond acceptors (Lipinski definition) is 5. The zero-order valence-electron chi connectivity index (χ0n) is 9.30. The van der Waals surface area contributed by atoms with Gasteiger partial charge < -0.3 is 25.1 Å². The Morgan fingerprint density at radius 2 is 2.18 bits per heavy atom. The summed E-state index contributed by atoms with van der Waals surface area (Å²) in [5, 5.41) is 8.78. The molecular weight excluding hydrogens is 226 g/mol. The van der Waals surface area contributed by atoms with Crippen LogP contribution in [-0.4, -0.2) is 31.0 Å². The number of ether oxygens (including phenoxy) is 3. The van der Waals surface area contributed by atoms with Crippen LogP contribution in [0.3, 0.4) is 0 Å². The Morgan fingerprint density at radius 3 is 2.76 bits per heavy atom. The number of hydrogen-bond donors (Lipinski definition) is 2. The molecule has 1 aliphatic rings. The molecule has 0 amide bonds. The number of nitrogens with two attached hydrogens (primary N) is 1. The number of fused-ring (bicyclic) bond motifs is 1. The highest BCUT2D eigenvalue weighted by molar-refractivity contribution is 5.73. The van der Waals surface area contributed by atoms with Gasteiger partial charge >= 0.3 is 5.97 Å². The first-order valence-corrected chi connectivity index (χ1v) is 5.06. The smallest absolute Gasteiger partial charge is 0.320 e. The molecule has 1 aliphatic heterocycles. The van der Waals surface area contributed by atoms with Crippen LogP contribution in [0.2, 0.25) is 0 Å². The molecular formula is C11H13NO5. The molecule has 1 heterocycles. The highest BCUT2D eigenvalue weighted by Crippen LogP contribution is 2.38. The van der Waals surface area contributed by atoms with Crippen LogP contribution < -0.4 is 19.9 Å². The Kier molecular flexibility index (Phi) is 3.06. The van der Waals surface area contributed by atoms with Gasteiger partial charge in [0, 0.05) is 18.1 Å². The maximum Gasteiger partial charge on any atom is 0.320 e. The quantitative estimate of drug-likeness (QED) is 0.789. The van der Waals surface area contributed by atoms with Crippen molar-refractivity contribution in [2.75, 3.05) is 13.9 Å². The monoisotopic (exact) mass is 239 g/mol. The Labute approximate surface area is 97.9 Å². The first-order chi connectivity index (χ1) is 8.11. The van der Waals surface area contributed by atoms with Crippen molar-refractivity contribution in [1.82, 2.24) is 0 Å². The third-order valence-electron chi connectivity index (χ3n) is 2.53. The second-order valence-electron chi connectivity index (χ2n) is 3.67. The van der Waals surface area contributed by atoms with Gasteiger partial charge in [0.25, 0.3) is 0 Å². The van der Waals surface area contributed by atoms with Gasteiger partial charge in [-0.3, -0.25) is 4.79 Å². The van der Waals surface area contributed by atoms with E-state index in [1.807, 2.05) is 0 Å². The minimum absolute atomic E-state index is 0.160. The van der Waals surface area contributed by atoms with Gasteiger partial charge in [0.2, 0.25) is 6.79 Å². The molecule has 0 radical (unpaired) electrons. The lowest BCUT2D eigenvalue weighted by Crippen LogP contribution is -2.32. The summed E-state index contributed by atoms with van der Waals surface area (Å²) in [6.07, 6.45) is 0.176. The summed E-state index contributed by atoms with van der Waals surface area (Å²) in [7, 11) is 1.51. The zero-order chi connectivity index (χ0) is 12.4. The fraction of sp³-hybridized carbons (Fsp3) is 0.364. The van der Waals surface area contributed by atoms with Crippen molar-refractivity contribution in [3.63, 3.8) is 0 Å². The predicted molar refractivity (Wildman–Crippen MR) is 58.4 cm³/mol. The normalized spacial score (nSPS) is 14.5. The van der Waals surface area contributed by atoms with Gasteiger partial charge in [0.1, 0.15) is 11.8 Å². The number of carbonyl (C=O) groups is 1. The number of carboxylic acid groups (broad SMARTS) is 1. The fourth-order valence-electron chi connectivity index (χ4n) is 1.64. The molecule has 3 N–H and O–H groups in total. The number of aliphatic carboxylic acids is 1. The van der Waals surface area contributed by atoms with E-state index in [9.17, 15) is 4.79 Å². The van der Waals surface area contributed by atoms with E-state index in [4.69, 9.17) is 25.1 Å². The van der Waals surface area contributed by atoms with E-state index in [1.165, 1.54) is 7.11 Å². The first-order valence-electron chi connectivity index (χ1n) is 5.06. The van der Waals surface area contributed by atoms with Crippen LogP contribution in [0, 0.1) is 0 Å². The molecule has 2 rings (SSSR count). The molecule has 1 aromatic rings. The maximum atomic E-state index is 10.7. The average Bonchev–Trinajstić information content (AvgIpc) is 2.74. The van der Waals surface area contributed by atoms with E-state index < -0.39 is 12.0 Å². The van der Waals surface area contributed by atoms with Crippen molar-refractivity contribution in [2.24, 2.45) is 5.73 Å². The van der Waals surface area contributed by atoms with Gasteiger partial charge in [0.05, 0.1) is 7.11 Å². The van der Waals surface area contributed by atoms with Crippen molar-refractivity contribution in [2.45, 2.75) is 12.5 Å². The number of rotatable bonds is 4. The zero-order valence-corrected chi connectivity index (χ0v) is 9.30.